The molecule has 2 aromatic rings. The average Bonchev–Trinajstić information content (AvgIpc) is 3.18. The molecule has 0 saturated carbocycles. The third-order valence-corrected chi connectivity index (χ3v) is 5.43. The summed E-state index contributed by atoms with van der Waals surface area (Å²) >= 11 is 1.62. The van der Waals surface area contributed by atoms with Crippen molar-refractivity contribution in [3.8, 4) is 11.5 Å². The first-order valence-electron chi connectivity index (χ1n) is 9.45. The van der Waals surface area contributed by atoms with Gasteiger partial charge in [-0.15, -0.1) is 35.3 Å². The van der Waals surface area contributed by atoms with Crippen LogP contribution in [0.25, 0.3) is 0 Å². The fourth-order valence-electron chi connectivity index (χ4n) is 2.81. The molecular formula is C20H29IN4O3S. The van der Waals surface area contributed by atoms with Gasteiger partial charge >= 0.3 is 0 Å². The Morgan fingerprint density at radius 1 is 1.41 bits per heavy atom. The normalized spacial score (nSPS) is 16.7. The lowest BCUT2D eigenvalue weighted by molar-refractivity contribution is 0.0969. The largest absolute Gasteiger partial charge is 0.486 e. The molecule has 0 spiro atoms. The van der Waals surface area contributed by atoms with E-state index in [0.29, 0.717) is 19.7 Å². The van der Waals surface area contributed by atoms with Gasteiger partial charge in [-0.25, -0.2) is 9.98 Å². The number of nitrogens with one attached hydrogen (secondary N) is 1. The molecule has 9 heteroatoms. The van der Waals surface area contributed by atoms with Crippen LogP contribution in [0.4, 0.5) is 0 Å². The van der Waals surface area contributed by atoms with E-state index in [2.05, 4.69) is 27.5 Å². The molecule has 7 nitrogen and oxygen atoms in total. The van der Waals surface area contributed by atoms with Gasteiger partial charge in [-0.2, -0.15) is 0 Å². The number of hydrogen-bond acceptors (Lipinski definition) is 6. The molecule has 2 heterocycles. The molecule has 0 radical (unpaired) electrons. The minimum absolute atomic E-state index is 0. The third-order valence-electron chi connectivity index (χ3n) is 4.38. The quantitative estimate of drug-likeness (QED) is 0.333. The lowest BCUT2D eigenvalue weighted by atomic mass is 10.2. The monoisotopic (exact) mass is 532 g/mol. The number of halogens is 1. The van der Waals surface area contributed by atoms with Crippen LogP contribution in [0.3, 0.4) is 0 Å². The van der Waals surface area contributed by atoms with Gasteiger partial charge in [0.05, 0.1) is 18.8 Å². The minimum atomic E-state index is -0.106. The molecule has 3 rings (SSSR count). The highest BCUT2D eigenvalue weighted by molar-refractivity contribution is 14.0. The minimum Gasteiger partial charge on any atom is -0.486 e. The molecule has 0 bridgehead atoms. The van der Waals surface area contributed by atoms with Crippen LogP contribution >= 0.6 is 35.3 Å². The van der Waals surface area contributed by atoms with E-state index in [0.717, 1.165) is 34.7 Å². The van der Waals surface area contributed by atoms with Crippen molar-refractivity contribution >= 4 is 41.3 Å². The molecule has 2 atom stereocenters. The molecule has 29 heavy (non-hydrogen) atoms. The maximum Gasteiger partial charge on any atom is 0.194 e. The number of rotatable bonds is 7. The number of benzene rings is 1. The molecule has 0 amide bonds. The molecule has 1 aliphatic rings. The van der Waals surface area contributed by atoms with Gasteiger partial charge in [-0.3, -0.25) is 0 Å². The topological polar surface area (TPSA) is 68.2 Å². The smallest absolute Gasteiger partial charge is 0.194 e. The van der Waals surface area contributed by atoms with E-state index >= 15 is 0 Å². The summed E-state index contributed by atoms with van der Waals surface area (Å²) in [5.41, 5.74) is 1.00. The Labute approximate surface area is 193 Å². The fraction of sp³-hybridized carbons (Fsp3) is 0.500. The highest BCUT2D eigenvalue weighted by Gasteiger charge is 2.21. The number of hydrogen-bond donors (Lipinski definition) is 1. The maximum absolute atomic E-state index is 6.00. The SMILES string of the molecule is CCNC(=NCC1COc2ccccc2O1)N(C)Cc1csc(C(C)OC)n1.I. The van der Waals surface area contributed by atoms with E-state index in [1.54, 1.807) is 18.4 Å². The van der Waals surface area contributed by atoms with Gasteiger partial charge in [0, 0.05) is 26.1 Å². The Balaban J connectivity index is 0.00000300. The zero-order chi connectivity index (χ0) is 19.9. The number of aromatic nitrogens is 1. The third kappa shape index (κ3) is 6.45. The van der Waals surface area contributed by atoms with Crippen LogP contribution in [-0.2, 0) is 11.3 Å². The number of thiazole rings is 1. The number of aliphatic imine (C=N–C) groups is 1. The Morgan fingerprint density at radius 3 is 2.90 bits per heavy atom. The summed E-state index contributed by atoms with van der Waals surface area (Å²) in [6, 6.07) is 7.72. The van der Waals surface area contributed by atoms with Crippen molar-refractivity contribution < 1.29 is 14.2 Å². The van der Waals surface area contributed by atoms with Crippen LogP contribution in [0.1, 0.15) is 30.7 Å². The molecule has 1 N–H and O–H groups in total. The lowest BCUT2D eigenvalue weighted by Crippen LogP contribution is -2.40. The summed E-state index contributed by atoms with van der Waals surface area (Å²) in [6.07, 6.45) is -0.0947. The first kappa shape index (κ1) is 23.7. The lowest BCUT2D eigenvalue weighted by Gasteiger charge is -2.26. The molecule has 0 fully saturated rings. The van der Waals surface area contributed by atoms with Crippen LogP contribution < -0.4 is 14.8 Å². The van der Waals surface area contributed by atoms with Gasteiger partial charge in [-0.1, -0.05) is 12.1 Å². The summed E-state index contributed by atoms with van der Waals surface area (Å²) in [5, 5.41) is 6.39. The predicted octanol–water partition coefficient (Wildman–Crippen LogP) is 3.71. The van der Waals surface area contributed by atoms with Crippen molar-refractivity contribution in [2.24, 2.45) is 4.99 Å². The maximum atomic E-state index is 6.00. The number of para-hydroxylation sites is 2. The summed E-state index contributed by atoms with van der Waals surface area (Å²) in [4.78, 5) is 11.5. The van der Waals surface area contributed by atoms with E-state index in [9.17, 15) is 0 Å². The fourth-order valence-corrected chi connectivity index (χ4v) is 3.65. The Morgan fingerprint density at radius 2 is 2.17 bits per heavy atom. The first-order valence-corrected chi connectivity index (χ1v) is 10.3. The second-order valence-corrected chi connectivity index (χ2v) is 7.49. The molecule has 1 aromatic heterocycles. The number of nitrogens with zero attached hydrogens (tertiary/aromatic N) is 3. The number of methoxy groups -OCH3 is 1. The first-order chi connectivity index (χ1) is 13.6. The van der Waals surface area contributed by atoms with E-state index < -0.39 is 0 Å². The van der Waals surface area contributed by atoms with Gasteiger partial charge in [0.15, 0.2) is 23.6 Å². The molecule has 0 saturated heterocycles. The van der Waals surface area contributed by atoms with Crippen LogP contribution in [0.2, 0.25) is 0 Å². The van der Waals surface area contributed by atoms with E-state index in [-0.39, 0.29) is 36.2 Å². The molecular weight excluding hydrogens is 503 g/mol. The summed E-state index contributed by atoms with van der Waals surface area (Å²) in [6.45, 7) is 6.53. The predicted molar refractivity (Wildman–Crippen MR) is 127 cm³/mol. The van der Waals surface area contributed by atoms with Gasteiger partial charge < -0.3 is 24.4 Å². The summed E-state index contributed by atoms with van der Waals surface area (Å²) < 4.78 is 17.1. The molecule has 1 aliphatic heterocycles. The number of ether oxygens (including phenoxy) is 3. The Bertz CT molecular complexity index is 802. The second kappa shape index (κ2) is 11.6. The van der Waals surface area contributed by atoms with Crippen molar-refractivity contribution in [3.05, 3.63) is 40.3 Å². The molecule has 0 aliphatic carbocycles. The van der Waals surface area contributed by atoms with Crippen molar-refractivity contribution in [1.82, 2.24) is 15.2 Å². The average molecular weight is 532 g/mol. The zero-order valence-electron chi connectivity index (χ0n) is 17.3. The molecule has 160 valence electrons. The van der Waals surface area contributed by atoms with Gasteiger partial charge in [-0.05, 0) is 26.0 Å². The Kier molecular flexibility index (Phi) is 9.44. The van der Waals surface area contributed by atoms with Crippen LogP contribution in [-0.4, -0.2) is 55.8 Å². The zero-order valence-corrected chi connectivity index (χ0v) is 20.4. The van der Waals surface area contributed by atoms with Crippen LogP contribution in [0, 0.1) is 0 Å². The number of guanidine groups is 1. The highest BCUT2D eigenvalue weighted by Crippen LogP contribution is 2.30. The van der Waals surface area contributed by atoms with Crippen LogP contribution in [0.5, 0.6) is 11.5 Å². The van der Waals surface area contributed by atoms with Crippen LogP contribution in [0.15, 0.2) is 34.6 Å². The molecule has 1 aromatic carbocycles. The van der Waals surface area contributed by atoms with Gasteiger partial charge in [0.25, 0.3) is 0 Å². The van der Waals surface area contributed by atoms with Gasteiger partial charge in [0.1, 0.15) is 17.7 Å². The second-order valence-electron chi connectivity index (χ2n) is 6.60. The molecule has 2 unspecified atom stereocenters. The standard InChI is InChI=1S/C20H28N4O3S.HI/c1-5-21-20(24(3)11-15-13-28-19(23-15)14(2)25-4)22-10-16-12-26-17-8-6-7-9-18(17)27-16;/h6-9,13-14,16H,5,10-12H2,1-4H3,(H,21,22);1H. The highest BCUT2D eigenvalue weighted by atomic mass is 127. The van der Waals surface area contributed by atoms with Crippen molar-refractivity contribution in [2.45, 2.75) is 32.6 Å². The van der Waals surface area contributed by atoms with Crippen molar-refractivity contribution in [2.75, 3.05) is 33.9 Å². The number of fused-ring (bicyclic) bond motifs is 1. The van der Waals surface area contributed by atoms with E-state index in [1.807, 2.05) is 38.2 Å². The van der Waals surface area contributed by atoms with E-state index in [1.165, 1.54) is 0 Å². The summed E-state index contributed by atoms with van der Waals surface area (Å²) in [5.74, 6) is 2.38. The van der Waals surface area contributed by atoms with Crippen molar-refractivity contribution in [1.29, 1.82) is 0 Å². The van der Waals surface area contributed by atoms with Crippen molar-refractivity contribution in [3.63, 3.8) is 0 Å². The van der Waals surface area contributed by atoms with Gasteiger partial charge in [0.2, 0.25) is 0 Å². The van der Waals surface area contributed by atoms with E-state index in [4.69, 9.17) is 19.2 Å². The summed E-state index contributed by atoms with van der Waals surface area (Å²) in [7, 11) is 3.71. The Hall–Kier alpha value is -1.59.